The largest absolute Gasteiger partial charge is 0.347 e. The molecular weight excluding hydrogens is 220 g/mol. The number of aromatic nitrogens is 1. The Hall–Kier alpha value is -1.12. The van der Waals surface area contributed by atoms with Crippen LogP contribution in [0.1, 0.15) is 26.0 Å². The van der Waals surface area contributed by atoms with Gasteiger partial charge in [-0.1, -0.05) is 6.92 Å². The second-order valence-corrected chi connectivity index (χ2v) is 4.23. The molecule has 1 N–H and O–H groups in total. The molecular formula is C11H18N4S. The molecule has 0 aliphatic carbocycles. The number of nitrogens with one attached hydrogen (secondary N) is 1. The molecule has 5 heteroatoms. The molecule has 0 saturated heterocycles. The Morgan fingerprint density at radius 1 is 1.56 bits per heavy atom. The van der Waals surface area contributed by atoms with E-state index in [4.69, 9.17) is 5.26 Å². The summed E-state index contributed by atoms with van der Waals surface area (Å²) in [4.78, 5) is 6.69. The van der Waals surface area contributed by atoms with E-state index in [0.29, 0.717) is 6.42 Å². The maximum Gasteiger partial charge on any atom is 0.185 e. The van der Waals surface area contributed by atoms with Gasteiger partial charge in [0.25, 0.3) is 0 Å². The van der Waals surface area contributed by atoms with Crippen LogP contribution in [0, 0.1) is 11.3 Å². The van der Waals surface area contributed by atoms with E-state index >= 15 is 0 Å². The summed E-state index contributed by atoms with van der Waals surface area (Å²) in [6, 6.07) is 2.17. The fraction of sp³-hybridized carbons (Fsp3) is 0.636. The highest BCUT2D eigenvalue weighted by Gasteiger charge is 2.08. The molecule has 4 nitrogen and oxygen atoms in total. The van der Waals surface area contributed by atoms with E-state index in [-0.39, 0.29) is 0 Å². The first-order valence-electron chi connectivity index (χ1n) is 5.58. The molecule has 1 aromatic rings. The van der Waals surface area contributed by atoms with Crippen molar-refractivity contribution in [2.24, 2.45) is 0 Å². The Balaban J connectivity index is 2.56. The van der Waals surface area contributed by atoms with Crippen LogP contribution in [-0.4, -0.2) is 24.6 Å². The third kappa shape index (κ3) is 3.80. The van der Waals surface area contributed by atoms with Crippen molar-refractivity contribution in [1.29, 1.82) is 5.26 Å². The maximum atomic E-state index is 8.58. The van der Waals surface area contributed by atoms with Gasteiger partial charge in [-0.05, 0) is 13.5 Å². The quantitative estimate of drug-likeness (QED) is 0.789. The maximum absolute atomic E-state index is 8.58. The van der Waals surface area contributed by atoms with Gasteiger partial charge in [0.05, 0.1) is 18.2 Å². The highest BCUT2D eigenvalue weighted by molar-refractivity contribution is 7.13. The third-order valence-corrected chi connectivity index (χ3v) is 3.19. The third-order valence-electron chi connectivity index (χ3n) is 2.24. The van der Waals surface area contributed by atoms with E-state index in [1.807, 2.05) is 0 Å². The lowest BCUT2D eigenvalue weighted by Crippen LogP contribution is -2.23. The highest BCUT2D eigenvalue weighted by Crippen LogP contribution is 2.20. The van der Waals surface area contributed by atoms with Gasteiger partial charge in [-0.15, -0.1) is 11.3 Å². The summed E-state index contributed by atoms with van der Waals surface area (Å²) in [6.07, 6.45) is 0.552. The molecule has 0 aliphatic rings. The second-order valence-electron chi connectivity index (χ2n) is 3.39. The molecule has 0 atom stereocenters. The average Bonchev–Trinajstić information content (AvgIpc) is 2.76. The van der Waals surface area contributed by atoms with Crippen molar-refractivity contribution in [3.63, 3.8) is 0 Å². The van der Waals surface area contributed by atoms with Crippen LogP contribution in [0.2, 0.25) is 0 Å². The van der Waals surface area contributed by atoms with Crippen molar-refractivity contribution < 1.29 is 0 Å². The summed E-state index contributed by atoms with van der Waals surface area (Å²) < 4.78 is 0. The number of anilines is 1. The van der Waals surface area contributed by atoms with E-state index < -0.39 is 0 Å². The van der Waals surface area contributed by atoms with Gasteiger partial charge in [-0.2, -0.15) is 5.26 Å². The van der Waals surface area contributed by atoms with Crippen LogP contribution in [0.25, 0.3) is 0 Å². The molecule has 0 unspecified atom stereocenters. The topological polar surface area (TPSA) is 52.0 Å². The van der Waals surface area contributed by atoms with Gasteiger partial charge in [-0.25, -0.2) is 4.98 Å². The second kappa shape index (κ2) is 7.20. The number of hydrogen-bond donors (Lipinski definition) is 1. The van der Waals surface area contributed by atoms with Crippen molar-refractivity contribution in [2.75, 3.05) is 24.5 Å². The molecule has 0 radical (unpaired) electrons. The first kappa shape index (κ1) is 12.9. The number of rotatable bonds is 7. The molecule has 88 valence electrons. The number of thiazole rings is 1. The van der Waals surface area contributed by atoms with Crippen LogP contribution in [0.15, 0.2) is 5.38 Å². The predicted molar refractivity (Wildman–Crippen MR) is 67.6 cm³/mol. The standard InChI is InChI=1S/C11H18N4S/c1-3-13-8-10-9-16-11(14-10)15(4-2)7-5-6-12/h9,13H,3-5,7-8H2,1-2H3. The molecule has 1 rings (SSSR count). The number of nitriles is 1. The van der Waals surface area contributed by atoms with E-state index in [0.717, 1.165) is 37.0 Å². The molecule has 0 bridgehead atoms. The molecule has 0 saturated carbocycles. The summed E-state index contributed by atoms with van der Waals surface area (Å²) >= 11 is 1.65. The lowest BCUT2D eigenvalue weighted by molar-refractivity contribution is 0.711. The van der Waals surface area contributed by atoms with E-state index in [9.17, 15) is 0 Å². The highest BCUT2D eigenvalue weighted by atomic mass is 32.1. The summed E-state index contributed by atoms with van der Waals surface area (Å²) in [5.41, 5.74) is 1.08. The van der Waals surface area contributed by atoms with Gasteiger partial charge >= 0.3 is 0 Å². The smallest absolute Gasteiger partial charge is 0.185 e. The number of nitrogens with zero attached hydrogens (tertiary/aromatic N) is 3. The van der Waals surface area contributed by atoms with Gasteiger partial charge in [-0.3, -0.25) is 0 Å². The van der Waals surface area contributed by atoms with Crippen molar-refractivity contribution in [1.82, 2.24) is 10.3 Å². The summed E-state index contributed by atoms with van der Waals surface area (Å²) in [7, 11) is 0. The van der Waals surface area contributed by atoms with Crippen molar-refractivity contribution in [3.8, 4) is 6.07 Å². The lowest BCUT2D eigenvalue weighted by Gasteiger charge is -2.17. The average molecular weight is 238 g/mol. The minimum Gasteiger partial charge on any atom is -0.347 e. The van der Waals surface area contributed by atoms with Crippen molar-refractivity contribution >= 4 is 16.5 Å². The summed E-state index contributed by atoms with van der Waals surface area (Å²) in [6.45, 7) is 7.61. The van der Waals surface area contributed by atoms with Crippen LogP contribution in [0.4, 0.5) is 5.13 Å². The summed E-state index contributed by atoms with van der Waals surface area (Å²) in [5, 5.41) is 14.9. The van der Waals surface area contributed by atoms with Crippen molar-refractivity contribution in [2.45, 2.75) is 26.8 Å². The molecule has 0 fully saturated rings. The van der Waals surface area contributed by atoms with Crippen LogP contribution < -0.4 is 10.2 Å². The van der Waals surface area contributed by atoms with E-state index in [1.54, 1.807) is 11.3 Å². The molecule has 0 aliphatic heterocycles. The van der Waals surface area contributed by atoms with Gasteiger partial charge in [0.2, 0.25) is 0 Å². The Kier molecular flexibility index (Phi) is 5.83. The van der Waals surface area contributed by atoms with Gasteiger partial charge in [0.1, 0.15) is 0 Å². The Bertz CT molecular complexity index is 342. The summed E-state index contributed by atoms with van der Waals surface area (Å²) in [5.74, 6) is 0. The Morgan fingerprint density at radius 3 is 3.00 bits per heavy atom. The normalized spacial score (nSPS) is 10.1. The molecule has 1 aromatic heterocycles. The zero-order valence-electron chi connectivity index (χ0n) is 9.86. The monoisotopic (exact) mass is 238 g/mol. The van der Waals surface area contributed by atoms with Crippen LogP contribution in [0.5, 0.6) is 0 Å². The fourth-order valence-electron chi connectivity index (χ4n) is 1.35. The Labute approximate surface area is 101 Å². The minimum atomic E-state index is 0.552. The molecule has 0 aromatic carbocycles. The molecule has 0 amide bonds. The lowest BCUT2D eigenvalue weighted by atomic mass is 10.4. The predicted octanol–water partition coefficient (Wildman–Crippen LogP) is 1.99. The number of hydrogen-bond acceptors (Lipinski definition) is 5. The minimum absolute atomic E-state index is 0.552. The molecule has 16 heavy (non-hydrogen) atoms. The molecule has 1 heterocycles. The zero-order chi connectivity index (χ0) is 11.8. The van der Waals surface area contributed by atoms with E-state index in [1.165, 1.54) is 0 Å². The SMILES string of the molecule is CCNCc1csc(N(CC)CCC#N)n1. The van der Waals surface area contributed by atoms with Gasteiger partial charge < -0.3 is 10.2 Å². The Morgan fingerprint density at radius 2 is 2.38 bits per heavy atom. The van der Waals surface area contributed by atoms with Gasteiger partial charge in [0.15, 0.2) is 5.13 Å². The van der Waals surface area contributed by atoms with Crippen LogP contribution in [-0.2, 0) is 6.54 Å². The van der Waals surface area contributed by atoms with Crippen LogP contribution in [0.3, 0.4) is 0 Å². The zero-order valence-corrected chi connectivity index (χ0v) is 10.7. The van der Waals surface area contributed by atoms with Crippen molar-refractivity contribution in [3.05, 3.63) is 11.1 Å². The van der Waals surface area contributed by atoms with Gasteiger partial charge in [0, 0.05) is 25.0 Å². The first-order chi connectivity index (χ1) is 7.81. The van der Waals surface area contributed by atoms with E-state index in [2.05, 4.69) is 40.5 Å². The fourth-order valence-corrected chi connectivity index (χ4v) is 2.27. The van der Waals surface area contributed by atoms with Crippen LogP contribution >= 0.6 is 11.3 Å². The molecule has 0 spiro atoms. The first-order valence-corrected chi connectivity index (χ1v) is 6.46.